The monoisotopic (exact) mass is 890 g/mol. The van der Waals surface area contributed by atoms with Crippen LogP contribution in [0.1, 0.15) is 0 Å². The van der Waals surface area contributed by atoms with Crippen LogP contribution in [-0.4, -0.2) is 4.57 Å². The summed E-state index contributed by atoms with van der Waals surface area (Å²) >= 11 is 0. The Balaban J connectivity index is 0.917. The maximum atomic E-state index is 2.41. The molecular weight excluding hydrogens is 845 g/mol. The summed E-state index contributed by atoms with van der Waals surface area (Å²) in [5, 5.41) is 7.52. The first kappa shape index (κ1) is 41.0. The van der Waals surface area contributed by atoms with E-state index in [2.05, 4.69) is 289 Å². The van der Waals surface area contributed by atoms with Crippen LogP contribution in [0.5, 0.6) is 0 Å². The van der Waals surface area contributed by atoms with Crippen molar-refractivity contribution in [3.8, 4) is 61.3 Å². The minimum atomic E-state index is 1.08. The van der Waals surface area contributed by atoms with E-state index in [4.69, 9.17) is 0 Å². The average molecular weight is 891 g/mol. The van der Waals surface area contributed by atoms with Gasteiger partial charge in [0.15, 0.2) is 0 Å². The van der Waals surface area contributed by atoms with Gasteiger partial charge in [-0.05, 0) is 138 Å². The molecule has 2 heteroatoms. The lowest BCUT2D eigenvalue weighted by atomic mass is 9.95. The predicted octanol–water partition coefficient (Wildman–Crippen LogP) is 18.9. The zero-order chi connectivity index (χ0) is 46.4. The van der Waals surface area contributed by atoms with Gasteiger partial charge >= 0.3 is 0 Å². The van der Waals surface area contributed by atoms with Gasteiger partial charge in [-0.25, -0.2) is 0 Å². The number of para-hydroxylation sites is 2. The molecule has 0 fully saturated rings. The van der Waals surface area contributed by atoms with Crippen LogP contribution >= 0.6 is 0 Å². The van der Waals surface area contributed by atoms with Gasteiger partial charge in [-0.15, -0.1) is 0 Å². The van der Waals surface area contributed by atoms with Gasteiger partial charge in [0, 0.05) is 33.4 Å². The molecule has 0 saturated carbocycles. The zero-order valence-electron chi connectivity index (χ0n) is 38.5. The fourth-order valence-corrected chi connectivity index (χ4v) is 10.5. The molecule has 0 unspecified atom stereocenters. The minimum Gasteiger partial charge on any atom is -0.310 e. The van der Waals surface area contributed by atoms with E-state index in [1.807, 2.05) is 0 Å². The molecule has 2 nitrogen and oxygen atoms in total. The van der Waals surface area contributed by atoms with Crippen LogP contribution in [0.15, 0.2) is 279 Å². The number of benzene rings is 12. The van der Waals surface area contributed by atoms with Crippen molar-refractivity contribution in [2.45, 2.75) is 0 Å². The molecule has 0 bridgehead atoms. The second kappa shape index (κ2) is 17.4. The lowest BCUT2D eigenvalue weighted by molar-refractivity contribution is 1.18. The Bertz CT molecular complexity index is 3970. The molecule has 0 atom stereocenters. The Labute approximate surface area is 408 Å². The fourth-order valence-electron chi connectivity index (χ4n) is 10.5. The van der Waals surface area contributed by atoms with E-state index < -0.39 is 0 Å². The predicted molar refractivity (Wildman–Crippen MR) is 298 cm³/mol. The summed E-state index contributed by atoms with van der Waals surface area (Å²) in [7, 11) is 0. The molecule has 12 aromatic carbocycles. The van der Waals surface area contributed by atoms with Crippen molar-refractivity contribution in [1.82, 2.24) is 4.57 Å². The number of hydrogen-bond acceptors (Lipinski definition) is 1. The van der Waals surface area contributed by atoms with Crippen molar-refractivity contribution in [3.63, 3.8) is 0 Å². The van der Waals surface area contributed by atoms with Crippen LogP contribution in [-0.2, 0) is 0 Å². The first-order valence-corrected chi connectivity index (χ1v) is 24.1. The highest BCUT2D eigenvalue weighted by Gasteiger charge is 2.20. The Morgan fingerprint density at radius 2 is 0.700 bits per heavy atom. The molecule has 1 heterocycles. The molecule has 0 amide bonds. The molecule has 1 aromatic heterocycles. The van der Waals surface area contributed by atoms with Crippen molar-refractivity contribution in [2.24, 2.45) is 0 Å². The summed E-state index contributed by atoms with van der Waals surface area (Å²) in [5.74, 6) is 0. The van der Waals surface area contributed by atoms with E-state index in [1.165, 1.54) is 76.7 Å². The Kier molecular flexibility index (Phi) is 10.2. The second-order valence-electron chi connectivity index (χ2n) is 18.1. The number of fused-ring (bicyclic) bond motifs is 5. The van der Waals surface area contributed by atoms with Crippen molar-refractivity contribution >= 4 is 60.4 Å². The lowest BCUT2D eigenvalue weighted by Gasteiger charge is -2.29. The third-order valence-corrected chi connectivity index (χ3v) is 14.0. The van der Waals surface area contributed by atoms with Crippen LogP contribution in [0.25, 0.3) is 105 Å². The van der Waals surface area contributed by atoms with Gasteiger partial charge in [0.25, 0.3) is 0 Å². The van der Waals surface area contributed by atoms with Gasteiger partial charge in [0.2, 0.25) is 0 Å². The van der Waals surface area contributed by atoms with E-state index in [0.29, 0.717) is 0 Å². The standard InChI is InChI=1S/C68H46N2/c1-2-15-52(16-3-1)65-46-57(55-20-12-21-60(45-55)70-66-26-10-8-23-63(66)64-24-9-11-27-67(64)70)38-43-68(65)69(59-41-36-50(37-42-59)56-33-30-47-14-4-5-18-54(47)44-56)58-39-34-49(35-40-58)48-28-31-53(32-29-48)62-25-13-19-51-17-6-7-22-61(51)62/h1-46H. The highest BCUT2D eigenvalue weighted by molar-refractivity contribution is 6.09. The van der Waals surface area contributed by atoms with Crippen LogP contribution in [0.4, 0.5) is 17.1 Å². The number of rotatable bonds is 9. The zero-order valence-corrected chi connectivity index (χ0v) is 38.5. The first-order valence-electron chi connectivity index (χ1n) is 24.1. The molecule has 13 rings (SSSR count). The number of anilines is 3. The van der Waals surface area contributed by atoms with Crippen LogP contribution in [0.2, 0.25) is 0 Å². The third-order valence-electron chi connectivity index (χ3n) is 14.0. The van der Waals surface area contributed by atoms with Crippen LogP contribution < -0.4 is 4.90 Å². The Morgan fingerprint density at radius 3 is 1.40 bits per heavy atom. The summed E-state index contributed by atoms with van der Waals surface area (Å²) in [5.41, 5.74) is 18.6. The SMILES string of the molecule is c1ccc(-c2cc(-c3cccc(-n4c5ccccc5c5ccccc54)c3)ccc2N(c2ccc(-c3ccc(-c4cccc5ccccc45)cc3)cc2)c2ccc(-c3ccc4ccccc4c3)cc2)cc1. The van der Waals surface area contributed by atoms with Crippen molar-refractivity contribution in [3.05, 3.63) is 279 Å². The van der Waals surface area contributed by atoms with Crippen molar-refractivity contribution in [1.29, 1.82) is 0 Å². The largest absolute Gasteiger partial charge is 0.310 e. The highest BCUT2D eigenvalue weighted by Crippen LogP contribution is 2.44. The number of aromatic nitrogens is 1. The minimum absolute atomic E-state index is 1.08. The summed E-state index contributed by atoms with van der Waals surface area (Å²) in [6.07, 6.45) is 0. The Morgan fingerprint density at radius 1 is 0.243 bits per heavy atom. The van der Waals surface area contributed by atoms with Gasteiger partial charge in [-0.2, -0.15) is 0 Å². The summed E-state index contributed by atoms with van der Waals surface area (Å²) in [4.78, 5) is 2.41. The Hall–Kier alpha value is -9.24. The molecule has 0 spiro atoms. The molecule has 70 heavy (non-hydrogen) atoms. The summed E-state index contributed by atoms with van der Waals surface area (Å²) in [6, 6.07) is 102. The molecule has 328 valence electrons. The lowest BCUT2D eigenvalue weighted by Crippen LogP contribution is -2.11. The van der Waals surface area contributed by atoms with Crippen LogP contribution in [0.3, 0.4) is 0 Å². The van der Waals surface area contributed by atoms with Gasteiger partial charge in [-0.1, -0.05) is 212 Å². The van der Waals surface area contributed by atoms with Crippen molar-refractivity contribution < 1.29 is 0 Å². The smallest absolute Gasteiger partial charge is 0.0541 e. The molecule has 0 aliphatic rings. The third kappa shape index (κ3) is 7.40. The van der Waals surface area contributed by atoms with E-state index in [9.17, 15) is 0 Å². The highest BCUT2D eigenvalue weighted by atomic mass is 15.1. The molecule has 13 aromatic rings. The van der Waals surface area contributed by atoms with E-state index in [-0.39, 0.29) is 0 Å². The molecular formula is C68H46N2. The number of nitrogens with zero attached hydrogens (tertiary/aromatic N) is 2. The molecule has 0 saturated heterocycles. The molecule has 0 N–H and O–H groups in total. The average Bonchev–Trinajstić information content (AvgIpc) is 3.78. The topological polar surface area (TPSA) is 8.17 Å². The summed E-state index contributed by atoms with van der Waals surface area (Å²) in [6.45, 7) is 0. The first-order chi connectivity index (χ1) is 34.7. The maximum Gasteiger partial charge on any atom is 0.0541 e. The van der Waals surface area contributed by atoms with Crippen molar-refractivity contribution in [2.75, 3.05) is 4.90 Å². The van der Waals surface area contributed by atoms with E-state index >= 15 is 0 Å². The molecule has 0 radical (unpaired) electrons. The van der Waals surface area contributed by atoms with Gasteiger partial charge in [-0.3, -0.25) is 0 Å². The molecule has 0 aliphatic carbocycles. The van der Waals surface area contributed by atoms with Gasteiger partial charge in [0.05, 0.1) is 16.7 Å². The van der Waals surface area contributed by atoms with E-state index in [0.717, 1.165) is 45.0 Å². The maximum absolute atomic E-state index is 2.41. The normalized spacial score (nSPS) is 11.4. The van der Waals surface area contributed by atoms with Crippen LogP contribution in [0, 0.1) is 0 Å². The van der Waals surface area contributed by atoms with Gasteiger partial charge in [0.1, 0.15) is 0 Å². The quantitative estimate of drug-likeness (QED) is 0.140. The number of hydrogen-bond donors (Lipinski definition) is 0. The fraction of sp³-hybridized carbons (Fsp3) is 0. The molecule has 0 aliphatic heterocycles. The van der Waals surface area contributed by atoms with E-state index in [1.54, 1.807) is 0 Å². The van der Waals surface area contributed by atoms with Gasteiger partial charge < -0.3 is 9.47 Å². The second-order valence-corrected chi connectivity index (χ2v) is 18.1. The summed E-state index contributed by atoms with van der Waals surface area (Å²) < 4.78 is 2.40.